The van der Waals surface area contributed by atoms with Gasteiger partial charge in [-0.1, -0.05) is 0 Å². The molecule has 0 saturated carbocycles. The summed E-state index contributed by atoms with van der Waals surface area (Å²) in [7, 11) is 4.10. The zero-order valence-electron chi connectivity index (χ0n) is 11.6. The van der Waals surface area contributed by atoms with Crippen LogP contribution in [0.25, 0.3) is 0 Å². The highest BCUT2D eigenvalue weighted by Crippen LogP contribution is 2.21. The number of hydrogen-bond acceptors (Lipinski definition) is 2. The first kappa shape index (κ1) is 16.9. The SMILES string of the molecule is CCN(CCCN(C)C)C(=O)c1cc(I)ccc1Br. The molecule has 19 heavy (non-hydrogen) atoms. The third-order valence-electron chi connectivity index (χ3n) is 2.86. The number of carbonyl (C=O) groups is 1. The van der Waals surface area contributed by atoms with E-state index in [4.69, 9.17) is 0 Å². The first-order valence-corrected chi connectivity index (χ1v) is 8.22. The fourth-order valence-electron chi connectivity index (χ4n) is 1.81. The first-order valence-electron chi connectivity index (χ1n) is 6.34. The Morgan fingerprint density at radius 3 is 2.58 bits per heavy atom. The van der Waals surface area contributed by atoms with Crippen LogP contribution in [0.1, 0.15) is 23.7 Å². The Morgan fingerprint density at radius 2 is 2.00 bits per heavy atom. The van der Waals surface area contributed by atoms with E-state index < -0.39 is 0 Å². The standard InChI is InChI=1S/C14H20BrIN2O/c1-4-18(9-5-8-17(2)3)14(19)12-10-11(16)6-7-13(12)15/h6-7,10H,4-5,8-9H2,1-3H3. The lowest BCUT2D eigenvalue weighted by atomic mass is 10.2. The molecule has 1 rings (SSSR count). The molecule has 0 aromatic heterocycles. The molecule has 0 spiro atoms. The largest absolute Gasteiger partial charge is 0.339 e. The Hall–Kier alpha value is -0.140. The van der Waals surface area contributed by atoms with Crippen LogP contribution in [0.2, 0.25) is 0 Å². The summed E-state index contributed by atoms with van der Waals surface area (Å²) in [4.78, 5) is 16.5. The molecule has 0 radical (unpaired) electrons. The van der Waals surface area contributed by atoms with Crippen LogP contribution >= 0.6 is 38.5 Å². The molecule has 0 unspecified atom stereocenters. The maximum atomic E-state index is 12.5. The van der Waals surface area contributed by atoms with Gasteiger partial charge >= 0.3 is 0 Å². The van der Waals surface area contributed by atoms with Gasteiger partial charge in [-0.2, -0.15) is 0 Å². The second kappa shape index (κ2) is 8.21. The molecule has 0 bridgehead atoms. The minimum absolute atomic E-state index is 0.103. The molecule has 0 atom stereocenters. The lowest BCUT2D eigenvalue weighted by molar-refractivity contribution is 0.0758. The summed E-state index contributed by atoms with van der Waals surface area (Å²) >= 11 is 5.69. The second-order valence-corrected chi connectivity index (χ2v) is 6.77. The van der Waals surface area contributed by atoms with Gasteiger partial charge in [0.25, 0.3) is 5.91 Å². The van der Waals surface area contributed by atoms with Gasteiger partial charge in [0, 0.05) is 21.1 Å². The van der Waals surface area contributed by atoms with Crippen molar-refractivity contribution in [3.8, 4) is 0 Å². The lowest BCUT2D eigenvalue weighted by Gasteiger charge is -2.22. The van der Waals surface area contributed by atoms with Crippen molar-refractivity contribution in [1.82, 2.24) is 9.80 Å². The lowest BCUT2D eigenvalue weighted by Crippen LogP contribution is -2.33. The van der Waals surface area contributed by atoms with E-state index in [1.165, 1.54) is 0 Å². The Balaban J connectivity index is 2.75. The Kier molecular flexibility index (Phi) is 7.31. The Bertz CT molecular complexity index is 437. The number of nitrogens with zero attached hydrogens (tertiary/aromatic N) is 2. The van der Waals surface area contributed by atoms with Crippen LogP contribution in [-0.2, 0) is 0 Å². The molecule has 1 aromatic rings. The van der Waals surface area contributed by atoms with Gasteiger partial charge in [-0.15, -0.1) is 0 Å². The second-order valence-electron chi connectivity index (χ2n) is 4.67. The predicted molar refractivity (Wildman–Crippen MR) is 91.6 cm³/mol. The number of amides is 1. The zero-order valence-corrected chi connectivity index (χ0v) is 15.4. The molecule has 0 aliphatic heterocycles. The summed E-state index contributed by atoms with van der Waals surface area (Å²) in [6, 6.07) is 5.86. The predicted octanol–water partition coefficient (Wildman–Crippen LogP) is 3.47. The molecule has 106 valence electrons. The normalized spacial score (nSPS) is 10.8. The van der Waals surface area contributed by atoms with E-state index in [-0.39, 0.29) is 5.91 Å². The molecular weight excluding hydrogens is 419 g/mol. The highest BCUT2D eigenvalue weighted by molar-refractivity contribution is 14.1. The van der Waals surface area contributed by atoms with Gasteiger partial charge in [-0.25, -0.2) is 0 Å². The van der Waals surface area contributed by atoms with E-state index in [1.54, 1.807) is 0 Å². The van der Waals surface area contributed by atoms with Crippen molar-refractivity contribution in [3.63, 3.8) is 0 Å². The quantitative estimate of drug-likeness (QED) is 0.635. The minimum atomic E-state index is 0.103. The molecule has 1 aromatic carbocycles. The summed E-state index contributed by atoms with van der Waals surface area (Å²) in [5, 5.41) is 0. The van der Waals surface area contributed by atoms with Gasteiger partial charge < -0.3 is 9.80 Å². The maximum Gasteiger partial charge on any atom is 0.255 e. The van der Waals surface area contributed by atoms with Crippen molar-refractivity contribution in [2.24, 2.45) is 0 Å². The molecule has 0 fully saturated rings. The molecule has 0 saturated heterocycles. The van der Waals surface area contributed by atoms with Crippen LogP contribution < -0.4 is 0 Å². The van der Waals surface area contributed by atoms with Gasteiger partial charge in [-0.3, -0.25) is 4.79 Å². The van der Waals surface area contributed by atoms with Crippen molar-refractivity contribution < 1.29 is 4.79 Å². The van der Waals surface area contributed by atoms with Gasteiger partial charge in [0.15, 0.2) is 0 Å². The molecular formula is C14H20BrIN2O. The van der Waals surface area contributed by atoms with Gasteiger partial charge in [0.2, 0.25) is 0 Å². The van der Waals surface area contributed by atoms with E-state index in [9.17, 15) is 4.79 Å². The smallest absolute Gasteiger partial charge is 0.255 e. The molecule has 0 aliphatic carbocycles. The molecule has 0 aliphatic rings. The van der Waals surface area contributed by atoms with Crippen molar-refractivity contribution in [1.29, 1.82) is 0 Å². The summed E-state index contributed by atoms with van der Waals surface area (Å²) < 4.78 is 1.94. The van der Waals surface area contributed by atoms with Crippen LogP contribution in [0.15, 0.2) is 22.7 Å². The topological polar surface area (TPSA) is 23.6 Å². The van der Waals surface area contributed by atoms with Gasteiger partial charge in [0.05, 0.1) is 5.56 Å². The van der Waals surface area contributed by atoms with Crippen molar-refractivity contribution in [3.05, 3.63) is 31.8 Å². The Morgan fingerprint density at radius 1 is 1.32 bits per heavy atom. The Labute approximate surface area is 137 Å². The number of benzene rings is 1. The van der Waals surface area contributed by atoms with Crippen LogP contribution in [0, 0.1) is 3.57 Å². The highest BCUT2D eigenvalue weighted by Gasteiger charge is 2.16. The fraction of sp³-hybridized carbons (Fsp3) is 0.500. The van der Waals surface area contributed by atoms with Crippen molar-refractivity contribution >= 4 is 44.4 Å². The van der Waals surface area contributed by atoms with E-state index >= 15 is 0 Å². The summed E-state index contributed by atoms with van der Waals surface area (Å²) in [6.45, 7) is 4.56. The summed E-state index contributed by atoms with van der Waals surface area (Å²) in [6.07, 6.45) is 0.994. The third-order valence-corrected chi connectivity index (χ3v) is 4.22. The summed E-state index contributed by atoms with van der Waals surface area (Å²) in [5.74, 6) is 0.103. The van der Waals surface area contributed by atoms with E-state index in [2.05, 4.69) is 43.4 Å². The molecule has 1 amide bonds. The maximum absolute atomic E-state index is 12.5. The average molecular weight is 439 g/mol. The van der Waals surface area contributed by atoms with E-state index in [1.807, 2.05) is 44.1 Å². The monoisotopic (exact) mass is 438 g/mol. The number of halogens is 2. The van der Waals surface area contributed by atoms with E-state index in [0.29, 0.717) is 0 Å². The molecule has 3 nitrogen and oxygen atoms in total. The first-order chi connectivity index (χ1) is 8.95. The molecule has 0 N–H and O–H groups in total. The summed E-state index contributed by atoms with van der Waals surface area (Å²) in [5.41, 5.74) is 0.749. The minimum Gasteiger partial charge on any atom is -0.339 e. The number of hydrogen-bond donors (Lipinski definition) is 0. The van der Waals surface area contributed by atoms with Crippen LogP contribution in [0.5, 0.6) is 0 Å². The number of carbonyl (C=O) groups excluding carboxylic acids is 1. The van der Waals surface area contributed by atoms with Crippen molar-refractivity contribution in [2.45, 2.75) is 13.3 Å². The van der Waals surface area contributed by atoms with Gasteiger partial charge in [0.1, 0.15) is 0 Å². The highest BCUT2D eigenvalue weighted by atomic mass is 127. The average Bonchev–Trinajstić information content (AvgIpc) is 2.36. The van der Waals surface area contributed by atoms with Crippen molar-refractivity contribution in [2.75, 3.05) is 33.7 Å². The molecule has 0 heterocycles. The van der Waals surface area contributed by atoms with Crippen LogP contribution in [0.4, 0.5) is 0 Å². The molecule has 5 heteroatoms. The fourth-order valence-corrected chi connectivity index (χ4v) is 2.72. The zero-order chi connectivity index (χ0) is 14.4. The number of rotatable bonds is 6. The van der Waals surface area contributed by atoms with E-state index in [0.717, 1.165) is 39.7 Å². The van der Waals surface area contributed by atoms with Crippen LogP contribution in [-0.4, -0.2) is 49.4 Å². The van der Waals surface area contributed by atoms with Crippen LogP contribution in [0.3, 0.4) is 0 Å². The van der Waals surface area contributed by atoms with Gasteiger partial charge in [-0.05, 0) is 90.7 Å². The third kappa shape index (κ3) is 5.39.